The van der Waals surface area contributed by atoms with Crippen molar-refractivity contribution >= 4 is 17.7 Å². The van der Waals surface area contributed by atoms with Crippen LogP contribution in [-0.4, -0.2) is 37.7 Å². The molecular weight excluding hydrogens is 284 g/mol. The van der Waals surface area contributed by atoms with E-state index in [4.69, 9.17) is 15.9 Å². The summed E-state index contributed by atoms with van der Waals surface area (Å²) in [6, 6.07) is 3.54. The van der Waals surface area contributed by atoms with Gasteiger partial charge in [0.05, 0.1) is 6.26 Å². The number of hydrogen-bond acceptors (Lipinski definition) is 8. The van der Waals surface area contributed by atoms with Crippen molar-refractivity contribution < 1.29 is 4.42 Å². The molecule has 0 saturated carbocycles. The third-order valence-electron chi connectivity index (χ3n) is 3.14. The maximum atomic E-state index is 5.90. The van der Waals surface area contributed by atoms with Gasteiger partial charge in [-0.3, -0.25) is 0 Å². The Kier molecular flexibility index (Phi) is 4.15. The van der Waals surface area contributed by atoms with Gasteiger partial charge in [0.2, 0.25) is 17.7 Å². The normalized spacial score (nSPS) is 11.1. The number of nitrogens with one attached hydrogen (secondary N) is 1. The van der Waals surface area contributed by atoms with Gasteiger partial charge in [-0.25, -0.2) is 0 Å². The first-order valence-corrected chi connectivity index (χ1v) is 7.16. The summed E-state index contributed by atoms with van der Waals surface area (Å²) >= 11 is 0. The van der Waals surface area contributed by atoms with Crippen LogP contribution in [0.25, 0.3) is 17.4 Å². The second-order valence-corrected chi connectivity index (χ2v) is 4.81. The number of nitrogen functional groups attached to an aromatic ring is 1. The van der Waals surface area contributed by atoms with Gasteiger partial charge in [0.25, 0.3) is 5.78 Å². The van der Waals surface area contributed by atoms with Crippen LogP contribution in [0.3, 0.4) is 0 Å². The van der Waals surface area contributed by atoms with Crippen LogP contribution in [0.2, 0.25) is 0 Å². The molecule has 9 nitrogen and oxygen atoms in total. The fourth-order valence-electron chi connectivity index (χ4n) is 2.04. The number of furan rings is 1. The predicted molar refractivity (Wildman–Crippen MR) is 82.1 cm³/mol. The molecule has 0 radical (unpaired) electrons. The lowest BCUT2D eigenvalue weighted by atomic mass is 10.2. The van der Waals surface area contributed by atoms with Crippen molar-refractivity contribution in [3.05, 3.63) is 18.4 Å². The third kappa shape index (κ3) is 2.98. The molecule has 0 saturated heterocycles. The van der Waals surface area contributed by atoms with Gasteiger partial charge in [-0.1, -0.05) is 6.42 Å². The van der Waals surface area contributed by atoms with Crippen LogP contribution in [0.4, 0.5) is 11.9 Å². The van der Waals surface area contributed by atoms with Crippen molar-refractivity contribution in [2.24, 2.45) is 5.73 Å². The van der Waals surface area contributed by atoms with E-state index in [1.54, 1.807) is 18.4 Å². The zero-order chi connectivity index (χ0) is 15.4. The van der Waals surface area contributed by atoms with Crippen LogP contribution >= 0.6 is 0 Å². The molecule has 0 aromatic carbocycles. The molecule has 0 bridgehead atoms. The van der Waals surface area contributed by atoms with Crippen molar-refractivity contribution in [3.8, 4) is 11.6 Å². The van der Waals surface area contributed by atoms with E-state index in [1.807, 2.05) is 0 Å². The lowest BCUT2D eigenvalue weighted by Crippen LogP contribution is -2.11. The Morgan fingerprint density at radius 3 is 2.86 bits per heavy atom. The molecular formula is C13H18N8O. The second-order valence-electron chi connectivity index (χ2n) is 4.81. The first kappa shape index (κ1) is 14.3. The fourth-order valence-corrected chi connectivity index (χ4v) is 2.04. The van der Waals surface area contributed by atoms with Crippen LogP contribution in [0.5, 0.6) is 0 Å². The zero-order valence-corrected chi connectivity index (χ0v) is 12.1. The van der Waals surface area contributed by atoms with Crippen molar-refractivity contribution in [1.82, 2.24) is 24.6 Å². The second kappa shape index (κ2) is 6.39. The van der Waals surface area contributed by atoms with Gasteiger partial charge >= 0.3 is 0 Å². The Hall–Kier alpha value is -2.68. The molecule has 0 atom stereocenters. The lowest BCUT2D eigenvalue weighted by Gasteiger charge is -2.05. The molecule has 22 heavy (non-hydrogen) atoms. The van der Waals surface area contributed by atoms with E-state index in [0.717, 1.165) is 25.8 Å². The first-order valence-electron chi connectivity index (χ1n) is 7.16. The number of fused-ring (bicyclic) bond motifs is 1. The molecule has 9 heteroatoms. The van der Waals surface area contributed by atoms with E-state index in [0.29, 0.717) is 29.9 Å². The van der Waals surface area contributed by atoms with Crippen LogP contribution in [0, 0.1) is 0 Å². The summed E-state index contributed by atoms with van der Waals surface area (Å²) < 4.78 is 6.65. The Labute approximate surface area is 126 Å². The number of unbranched alkanes of at least 4 members (excludes halogenated alkanes) is 2. The van der Waals surface area contributed by atoms with Crippen molar-refractivity contribution in [3.63, 3.8) is 0 Å². The Balaban J connectivity index is 1.76. The van der Waals surface area contributed by atoms with Crippen LogP contribution in [-0.2, 0) is 0 Å². The number of nitrogens with two attached hydrogens (primary N) is 2. The number of rotatable bonds is 7. The summed E-state index contributed by atoms with van der Waals surface area (Å²) in [5, 5.41) is 7.37. The molecule has 3 rings (SSSR count). The minimum absolute atomic E-state index is 0.222. The van der Waals surface area contributed by atoms with E-state index in [1.165, 1.54) is 4.52 Å². The molecule has 0 unspecified atom stereocenters. The Morgan fingerprint density at radius 1 is 1.18 bits per heavy atom. The van der Waals surface area contributed by atoms with Gasteiger partial charge in [0, 0.05) is 6.54 Å². The van der Waals surface area contributed by atoms with Crippen molar-refractivity contribution in [2.75, 3.05) is 24.1 Å². The van der Waals surface area contributed by atoms with Gasteiger partial charge in [0.1, 0.15) is 0 Å². The number of anilines is 2. The van der Waals surface area contributed by atoms with Crippen LogP contribution in [0.1, 0.15) is 19.3 Å². The summed E-state index contributed by atoms with van der Waals surface area (Å²) in [5.74, 6) is 2.02. The van der Waals surface area contributed by atoms with Crippen LogP contribution < -0.4 is 16.8 Å². The van der Waals surface area contributed by atoms with Gasteiger partial charge in [0.15, 0.2) is 5.76 Å². The standard InChI is InChI=1S/C13H18N8O/c14-6-2-1-3-7-16-12-18-11(15)21-13(19-12)17-10(20-21)9-5-4-8-22-9/h4-5,8H,1-3,6-7,14H2,(H3,15,16,17,18,19,20). The highest BCUT2D eigenvalue weighted by Crippen LogP contribution is 2.17. The third-order valence-corrected chi connectivity index (χ3v) is 3.14. The van der Waals surface area contributed by atoms with E-state index in [9.17, 15) is 0 Å². The summed E-state index contributed by atoms with van der Waals surface area (Å²) in [4.78, 5) is 12.8. The van der Waals surface area contributed by atoms with Crippen molar-refractivity contribution in [2.45, 2.75) is 19.3 Å². The topological polar surface area (TPSA) is 133 Å². The van der Waals surface area contributed by atoms with Gasteiger partial charge in [-0.05, 0) is 31.5 Å². The smallest absolute Gasteiger partial charge is 0.259 e. The molecule has 116 valence electrons. The molecule has 0 aliphatic rings. The summed E-state index contributed by atoms with van der Waals surface area (Å²) in [5.41, 5.74) is 11.4. The first-order chi connectivity index (χ1) is 10.8. The molecule has 0 fully saturated rings. The maximum Gasteiger partial charge on any atom is 0.259 e. The number of nitrogens with zero attached hydrogens (tertiary/aromatic N) is 5. The fraction of sp³-hybridized carbons (Fsp3) is 0.385. The molecule has 0 aliphatic heterocycles. The molecule has 5 N–H and O–H groups in total. The zero-order valence-electron chi connectivity index (χ0n) is 12.1. The molecule has 3 aromatic heterocycles. The SMILES string of the molecule is NCCCCCNc1nc(N)n2nc(-c3ccco3)nc2n1. The largest absolute Gasteiger partial charge is 0.461 e. The molecule has 0 amide bonds. The molecule has 3 heterocycles. The maximum absolute atomic E-state index is 5.90. The van der Waals surface area contributed by atoms with E-state index >= 15 is 0 Å². The monoisotopic (exact) mass is 302 g/mol. The van der Waals surface area contributed by atoms with Crippen molar-refractivity contribution in [1.29, 1.82) is 0 Å². The Bertz CT molecular complexity index is 736. The molecule has 0 aliphatic carbocycles. The average molecular weight is 302 g/mol. The van der Waals surface area contributed by atoms with E-state index < -0.39 is 0 Å². The summed E-state index contributed by atoms with van der Waals surface area (Å²) in [6.07, 6.45) is 4.63. The van der Waals surface area contributed by atoms with E-state index in [-0.39, 0.29) is 5.95 Å². The molecule has 0 spiro atoms. The molecule has 3 aromatic rings. The number of hydrogen-bond donors (Lipinski definition) is 3. The minimum Gasteiger partial charge on any atom is -0.461 e. The average Bonchev–Trinajstić information content (AvgIpc) is 3.16. The van der Waals surface area contributed by atoms with Gasteiger partial charge < -0.3 is 21.2 Å². The lowest BCUT2D eigenvalue weighted by molar-refractivity contribution is 0.577. The highest BCUT2D eigenvalue weighted by molar-refractivity contribution is 5.52. The quantitative estimate of drug-likeness (QED) is 0.548. The summed E-state index contributed by atoms with van der Waals surface area (Å²) in [6.45, 7) is 1.47. The van der Waals surface area contributed by atoms with Gasteiger partial charge in [-0.15, -0.1) is 5.10 Å². The predicted octanol–water partition coefficient (Wildman–Crippen LogP) is 0.902. The highest BCUT2D eigenvalue weighted by atomic mass is 16.3. The van der Waals surface area contributed by atoms with Crippen LogP contribution in [0.15, 0.2) is 22.8 Å². The summed E-state index contributed by atoms with van der Waals surface area (Å²) in [7, 11) is 0. The van der Waals surface area contributed by atoms with E-state index in [2.05, 4.69) is 25.4 Å². The Morgan fingerprint density at radius 2 is 2.09 bits per heavy atom. The minimum atomic E-state index is 0.222. The van der Waals surface area contributed by atoms with Gasteiger partial charge in [-0.2, -0.15) is 19.5 Å². The highest BCUT2D eigenvalue weighted by Gasteiger charge is 2.13. The number of aromatic nitrogens is 5.